The van der Waals surface area contributed by atoms with Gasteiger partial charge in [0.1, 0.15) is 0 Å². The summed E-state index contributed by atoms with van der Waals surface area (Å²) in [4.78, 5) is 23.0. The fraction of sp³-hybridized carbons (Fsp3) is 0.529. The van der Waals surface area contributed by atoms with Crippen LogP contribution in [-0.2, 0) is 16.0 Å². The summed E-state index contributed by atoms with van der Waals surface area (Å²) in [5, 5.41) is 11.8. The molecule has 0 bridgehead atoms. The normalized spacial score (nSPS) is 12.8. The van der Waals surface area contributed by atoms with Crippen LogP contribution in [0.5, 0.6) is 0 Å². The molecule has 0 aliphatic rings. The Morgan fingerprint density at radius 1 is 1.24 bits per heavy atom. The summed E-state index contributed by atoms with van der Waals surface area (Å²) in [6, 6.07) is 8.14. The molecule has 1 atom stereocenters. The minimum Gasteiger partial charge on any atom is -0.481 e. The maximum atomic E-state index is 12.0. The lowest BCUT2D eigenvalue weighted by atomic mass is 9.89. The second-order valence-electron chi connectivity index (χ2n) is 6.32. The third-order valence-electron chi connectivity index (χ3n) is 3.74. The van der Waals surface area contributed by atoms with Crippen molar-refractivity contribution in [2.24, 2.45) is 11.3 Å². The number of aryl methyl sites for hydroxylation is 1. The number of amides is 1. The molecular formula is C17H25NO3. The van der Waals surface area contributed by atoms with Crippen LogP contribution in [0.4, 0.5) is 0 Å². The van der Waals surface area contributed by atoms with E-state index in [1.54, 1.807) is 13.8 Å². The number of carbonyl (C=O) groups is 2. The Hall–Kier alpha value is -1.84. The number of hydrogen-bond acceptors (Lipinski definition) is 2. The lowest BCUT2D eigenvalue weighted by Gasteiger charge is -2.20. The van der Waals surface area contributed by atoms with E-state index in [0.717, 1.165) is 5.56 Å². The molecule has 0 radical (unpaired) electrons. The van der Waals surface area contributed by atoms with E-state index < -0.39 is 11.4 Å². The van der Waals surface area contributed by atoms with Crippen LogP contribution >= 0.6 is 0 Å². The van der Waals surface area contributed by atoms with Gasteiger partial charge >= 0.3 is 5.97 Å². The summed E-state index contributed by atoms with van der Waals surface area (Å²) < 4.78 is 0. The SMILES string of the molecule is Cc1ccc(CC(C)C(=O)NCCC(C)(C)C(=O)O)cc1. The molecule has 1 amide bonds. The minimum absolute atomic E-state index is 0.0308. The first-order valence-electron chi connectivity index (χ1n) is 7.29. The Balaban J connectivity index is 2.41. The largest absolute Gasteiger partial charge is 0.481 e. The zero-order chi connectivity index (χ0) is 16.0. The molecule has 0 heterocycles. The van der Waals surface area contributed by atoms with Crippen LogP contribution in [-0.4, -0.2) is 23.5 Å². The number of rotatable bonds is 7. The van der Waals surface area contributed by atoms with Gasteiger partial charge in [0.05, 0.1) is 5.41 Å². The van der Waals surface area contributed by atoms with Gasteiger partial charge in [0.25, 0.3) is 0 Å². The van der Waals surface area contributed by atoms with Gasteiger partial charge in [-0.05, 0) is 39.2 Å². The van der Waals surface area contributed by atoms with Crippen LogP contribution in [0.25, 0.3) is 0 Å². The van der Waals surface area contributed by atoms with E-state index in [1.807, 2.05) is 38.1 Å². The summed E-state index contributed by atoms with van der Waals surface area (Å²) in [5.74, 6) is -0.998. The molecule has 116 valence electrons. The van der Waals surface area contributed by atoms with E-state index in [0.29, 0.717) is 19.4 Å². The summed E-state index contributed by atoms with van der Waals surface area (Å²) in [6.07, 6.45) is 1.11. The second kappa shape index (κ2) is 7.25. The Morgan fingerprint density at radius 3 is 2.33 bits per heavy atom. The highest BCUT2D eigenvalue weighted by Crippen LogP contribution is 2.19. The van der Waals surface area contributed by atoms with E-state index in [1.165, 1.54) is 5.56 Å². The fourth-order valence-electron chi connectivity index (χ4n) is 1.95. The molecule has 1 aromatic rings. The third kappa shape index (κ3) is 5.58. The Bertz CT molecular complexity index is 491. The predicted molar refractivity (Wildman–Crippen MR) is 83.1 cm³/mol. The van der Waals surface area contributed by atoms with Crippen molar-refractivity contribution >= 4 is 11.9 Å². The number of benzene rings is 1. The number of aliphatic carboxylic acids is 1. The number of nitrogens with one attached hydrogen (secondary N) is 1. The molecule has 0 saturated heterocycles. The average molecular weight is 291 g/mol. The van der Waals surface area contributed by atoms with Crippen molar-refractivity contribution in [1.29, 1.82) is 0 Å². The molecule has 1 rings (SSSR count). The molecule has 0 fully saturated rings. The van der Waals surface area contributed by atoms with E-state index in [4.69, 9.17) is 5.11 Å². The molecule has 0 aromatic heterocycles. The van der Waals surface area contributed by atoms with Crippen molar-refractivity contribution in [3.05, 3.63) is 35.4 Å². The van der Waals surface area contributed by atoms with Gasteiger partial charge < -0.3 is 10.4 Å². The molecule has 21 heavy (non-hydrogen) atoms. The average Bonchev–Trinajstić information content (AvgIpc) is 2.40. The van der Waals surface area contributed by atoms with Gasteiger partial charge in [-0.3, -0.25) is 9.59 Å². The lowest BCUT2D eigenvalue weighted by molar-refractivity contribution is -0.147. The van der Waals surface area contributed by atoms with Gasteiger partial charge in [-0.2, -0.15) is 0 Å². The van der Waals surface area contributed by atoms with Crippen LogP contribution in [0.2, 0.25) is 0 Å². The summed E-state index contributed by atoms with van der Waals surface area (Å²) >= 11 is 0. The molecule has 0 aliphatic carbocycles. The zero-order valence-corrected chi connectivity index (χ0v) is 13.3. The highest BCUT2D eigenvalue weighted by Gasteiger charge is 2.26. The van der Waals surface area contributed by atoms with Gasteiger partial charge in [0.2, 0.25) is 5.91 Å². The third-order valence-corrected chi connectivity index (χ3v) is 3.74. The first-order chi connectivity index (χ1) is 9.72. The number of carboxylic acid groups (broad SMARTS) is 1. The van der Waals surface area contributed by atoms with Crippen molar-refractivity contribution in [2.45, 2.75) is 40.5 Å². The van der Waals surface area contributed by atoms with Crippen molar-refractivity contribution in [3.63, 3.8) is 0 Å². The monoisotopic (exact) mass is 291 g/mol. The maximum absolute atomic E-state index is 12.0. The van der Waals surface area contributed by atoms with Crippen molar-refractivity contribution < 1.29 is 14.7 Å². The van der Waals surface area contributed by atoms with E-state index in [2.05, 4.69) is 5.32 Å². The first kappa shape index (κ1) is 17.2. The summed E-state index contributed by atoms with van der Waals surface area (Å²) in [6.45, 7) is 7.63. The minimum atomic E-state index is -0.843. The molecule has 4 nitrogen and oxygen atoms in total. The Kier molecular flexibility index (Phi) is 5.94. The second-order valence-corrected chi connectivity index (χ2v) is 6.32. The van der Waals surface area contributed by atoms with Crippen LogP contribution in [0.3, 0.4) is 0 Å². The number of hydrogen-bond donors (Lipinski definition) is 2. The zero-order valence-electron chi connectivity index (χ0n) is 13.3. The molecule has 1 unspecified atom stereocenters. The van der Waals surface area contributed by atoms with Crippen LogP contribution in [0.15, 0.2) is 24.3 Å². The highest BCUT2D eigenvalue weighted by molar-refractivity contribution is 5.78. The van der Waals surface area contributed by atoms with E-state index in [9.17, 15) is 9.59 Å². The predicted octanol–water partition coefficient (Wildman–Crippen LogP) is 2.79. The lowest BCUT2D eigenvalue weighted by Crippen LogP contribution is -2.35. The van der Waals surface area contributed by atoms with Gasteiger partial charge in [0, 0.05) is 12.5 Å². The molecular weight excluding hydrogens is 266 g/mol. The van der Waals surface area contributed by atoms with Crippen LogP contribution in [0, 0.1) is 18.3 Å². The molecule has 2 N–H and O–H groups in total. The van der Waals surface area contributed by atoms with Crippen molar-refractivity contribution in [1.82, 2.24) is 5.32 Å². The van der Waals surface area contributed by atoms with E-state index in [-0.39, 0.29) is 11.8 Å². The number of carbonyl (C=O) groups excluding carboxylic acids is 1. The molecule has 4 heteroatoms. The molecule has 0 aliphatic heterocycles. The van der Waals surface area contributed by atoms with Gasteiger partial charge in [-0.25, -0.2) is 0 Å². The molecule has 0 spiro atoms. The smallest absolute Gasteiger partial charge is 0.309 e. The van der Waals surface area contributed by atoms with Gasteiger partial charge in [0.15, 0.2) is 0 Å². The Labute approximate surface area is 126 Å². The van der Waals surface area contributed by atoms with Gasteiger partial charge in [-0.1, -0.05) is 36.8 Å². The summed E-state index contributed by atoms with van der Waals surface area (Å²) in [7, 11) is 0. The van der Waals surface area contributed by atoms with Crippen molar-refractivity contribution in [2.75, 3.05) is 6.54 Å². The van der Waals surface area contributed by atoms with Crippen molar-refractivity contribution in [3.8, 4) is 0 Å². The summed E-state index contributed by atoms with van der Waals surface area (Å²) in [5.41, 5.74) is 1.52. The number of carboxylic acids is 1. The topological polar surface area (TPSA) is 66.4 Å². The fourth-order valence-corrected chi connectivity index (χ4v) is 1.95. The van der Waals surface area contributed by atoms with Gasteiger partial charge in [-0.15, -0.1) is 0 Å². The highest BCUT2D eigenvalue weighted by atomic mass is 16.4. The quantitative estimate of drug-likeness (QED) is 0.812. The standard InChI is InChI=1S/C17H25NO3/c1-12-5-7-14(8-6-12)11-13(2)15(19)18-10-9-17(3,4)16(20)21/h5-8,13H,9-11H2,1-4H3,(H,18,19)(H,20,21). The molecule has 0 saturated carbocycles. The first-order valence-corrected chi connectivity index (χ1v) is 7.29. The Morgan fingerprint density at radius 2 is 1.81 bits per heavy atom. The van der Waals surface area contributed by atoms with Crippen LogP contribution in [0.1, 0.15) is 38.3 Å². The van der Waals surface area contributed by atoms with E-state index >= 15 is 0 Å². The molecule has 1 aromatic carbocycles. The van der Waals surface area contributed by atoms with Crippen LogP contribution < -0.4 is 5.32 Å². The maximum Gasteiger partial charge on any atom is 0.309 e.